The first-order valence-electron chi connectivity index (χ1n) is 4.40. The van der Waals surface area contributed by atoms with Gasteiger partial charge in [0.05, 0.1) is 12.0 Å². The van der Waals surface area contributed by atoms with Gasteiger partial charge in [0.1, 0.15) is 13.2 Å². The molecule has 15 heavy (non-hydrogen) atoms. The summed E-state index contributed by atoms with van der Waals surface area (Å²) in [6, 6.07) is 2.00. The average molecular weight is 214 g/mol. The van der Waals surface area contributed by atoms with Crippen molar-refractivity contribution in [3.05, 3.63) is 0 Å². The van der Waals surface area contributed by atoms with E-state index in [1.54, 1.807) is 14.0 Å². The van der Waals surface area contributed by atoms with E-state index in [1.807, 2.05) is 6.07 Å². The van der Waals surface area contributed by atoms with E-state index in [2.05, 4.69) is 4.74 Å². The van der Waals surface area contributed by atoms with Crippen LogP contribution in [0.3, 0.4) is 0 Å². The highest BCUT2D eigenvalue weighted by atomic mass is 16.5. The predicted molar refractivity (Wildman–Crippen MR) is 50.9 cm³/mol. The van der Waals surface area contributed by atoms with E-state index >= 15 is 0 Å². The third-order valence-corrected chi connectivity index (χ3v) is 1.64. The Hall–Kier alpha value is -1.61. The molecule has 0 bridgehead atoms. The van der Waals surface area contributed by atoms with Crippen LogP contribution >= 0.6 is 0 Å². The topological polar surface area (TPSA) is 90.6 Å². The molecule has 0 radical (unpaired) electrons. The van der Waals surface area contributed by atoms with Crippen molar-refractivity contribution in [3.63, 3.8) is 0 Å². The number of carbonyl (C=O) groups excluding carboxylic acids is 1. The van der Waals surface area contributed by atoms with Gasteiger partial charge in [-0.3, -0.25) is 4.79 Å². The molecule has 0 heterocycles. The molecule has 0 aliphatic carbocycles. The highest BCUT2D eigenvalue weighted by molar-refractivity contribution is 5.77. The lowest BCUT2D eigenvalue weighted by Gasteiger charge is -2.17. The van der Waals surface area contributed by atoms with Gasteiger partial charge in [-0.1, -0.05) is 0 Å². The van der Waals surface area contributed by atoms with Crippen molar-refractivity contribution in [2.75, 3.05) is 26.8 Å². The van der Waals surface area contributed by atoms with E-state index in [9.17, 15) is 9.59 Å². The van der Waals surface area contributed by atoms with Gasteiger partial charge in [0.25, 0.3) is 0 Å². The number of ether oxygens (including phenoxy) is 1. The molecule has 1 unspecified atom stereocenters. The van der Waals surface area contributed by atoms with Crippen LogP contribution in [-0.2, 0) is 14.3 Å². The number of likely N-dealkylation sites (N-methyl/N-ethyl adjacent to an activating group) is 1. The molecule has 6 heteroatoms. The maximum absolute atomic E-state index is 11.3. The largest absolute Gasteiger partial charge is 0.480 e. The first-order chi connectivity index (χ1) is 6.97. The van der Waals surface area contributed by atoms with Crippen molar-refractivity contribution < 1.29 is 19.4 Å². The van der Waals surface area contributed by atoms with E-state index in [4.69, 9.17) is 10.4 Å². The fourth-order valence-electron chi connectivity index (χ4n) is 0.889. The summed E-state index contributed by atoms with van der Waals surface area (Å²) in [5.41, 5.74) is 0. The number of carbonyl (C=O) groups is 2. The van der Waals surface area contributed by atoms with Crippen LogP contribution in [0.25, 0.3) is 0 Å². The number of hydrogen-bond acceptors (Lipinski definition) is 4. The first-order valence-corrected chi connectivity index (χ1v) is 4.40. The molecule has 0 aromatic carbocycles. The fraction of sp³-hybridized carbons (Fsp3) is 0.667. The number of rotatable bonds is 6. The number of nitriles is 1. The predicted octanol–water partition coefficient (Wildman–Crippen LogP) is -0.294. The molecule has 0 fully saturated rings. The van der Waals surface area contributed by atoms with Gasteiger partial charge in [0, 0.05) is 13.6 Å². The SMILES string of the molecule is CC(C#N)CN(C)C(=O)COCC(=O)O. The zero-order valence-electron chi connectivity index (χ0n) is 8.77. The Kier molecular flexibility index (Phi) is 6.06. The molecule has 0 aliphatic rings. The van der Waals surface area contributed by atoms with Gasteiger partial charge in [-0.2, -0.15) is 5.26 Å². The van der Waals surface area contributed by atoms with Gasteiger partial charge < -0.3 is 14.7 Å². The average Bonchev–Trinajstić information content (AvgIpc) is 2.16. The molecule has 0 aliphatic heterocycles. The minimum absolute atomic E-state index is 0.251. The number of aliphatic carboxylic acids is 1. The first kappa shape index (κ1) is 13.4. The summed E-state index contributed by atoms with van der Waals surface area (Å²) in [4.78, 5) is 22.7. The maximum atomic E-state index is 11.3. The molecule has 0 rings (SSSR count). The molecule has 84 valence electrons. The number of carboxylic acids is 1. The minimum Gasteiger partial charge on any atom is -0.480 e. The van der Waals surface area contributed by atoms with Crippen LogP contribution in [0.2, 0.25) is 0 Å². The Bertz CT molecular complexity index is 272. The van der Waals surface area contributed by atoms with Crippen molar-refractivity contribution in [1.29, 1.82) is 5.26 Å². The summed E-state index contributed by atoms with van der Waals surface area (Å²) in [5.74, 6) is -1.70. The number of nitrogens with zero attached hydrogens (tertiary/aromatic N) is 2. The van der Waals surface area contributed by atoms with Crippen molar-refractivity contribution in [3.8, 4) is 6.07 Å². The van der Waals surface area contributed by atoms with Crippen LogP contribution in [-0.4, -0.2) is 48.7 Å². The van der Waals surface area contributed by atoms with E-state index in [1.165, 1.54) is 4.90 Å². The standard InChI is InChI=1S/C9H14N2O4/c1-7(3-10)4-11(2)8(12)5-15-6-9(13)14/h7H,4-6H2,1-2H3,(H,13,14). The monoisotopic (exact) mass is 214 g/mol. The van der Waals surface area contributed by atoms with Crippen LogP contribution in [0.15, 0.2) is 0 Å². The van der Waals surface area contributed by atoms with Crippen molar-refractivity contribution >= 4 is 11.9 Å². The van der Waals surface area contributed by atoms with Crippen LogP contribution in [0, 0.1) is 17.2 Å². The number of carboxylic acid groups (broad SMARTS) is 1. The second-order valence-corrected chi connectivity index (χ2v) is 3.19. The quantitative estimate of drug-likeness (QED) is 0.655. The van der Waals surface area contributed by atoms with Gasteiger partial charge in [0.15, 0.2) is 0 Å². The van der Waals surface area contributed by atoms with Crippen molar-refractivity contribution in [1.82, 2.24) is 4.90 Å². The molecule has 0 aromatic heterocycles. The van der Waals surface area contributed by atoms with Gasteiger partial charge in [-0.25, -0.2) is 4.79 Å². The summed E-state index contributed by atoms with van der Waals surface area (Å²) >= 11 is 0. The smallest absolute Gasteiger partial charge is 0.329 e. The molecule has 0 saturated carbocycles. The van der Waals surface area contributed by atoms with Crippen molar-refractivity contribution in [2.24, 2.45) is 5.92 Å². The van der Waals surface area contributed by atoms with Gasteiger partial charge in [0.2, 0.25) is 5.91 Å². The normalized spacial score (nSPS) is 11.5. The molecule has 6 nitrogen and oxygen atoms in total. The minimum atomic E-state index is -1.11. The van der Waals surface area contributed by atoms with Gasteiger partial charge in [-0.15, -0.1) is 0 Å². The molecule has 0 spiro atoms. The second-order valence-electron chi connectivity index (χ2n) is 3.19. The summed E-state index contributed by atoms with van der Waals surface area (Å²) < 4.78 is 4.62. The molecule has 1 amide bonds. The maximum Gasteiger partial charge on any atom is 0.329 e. The van der Waals surface area contributed by atoms with Crippen LogP contribution in [0.1, 0.15) is 6.92 Å². The molecule has 0 saturated heterocycles. The second kappa shape index (κ2) is 6.79. The lowest BCUT2D eigenvalue weighted by Crippen LogP contribution is -2.34. The molecular formula is C9H14N2O4. The Morgan fingerprint density at radius 3 is 2.60 bits per heavy atom. The summed E-state index contributed by atoms with van der Waals surface area (Å²) in [5, 5.41) is 16.8. The summed E-state index contributed by atoms with van der Waals surface area (Å²) in [6.45, 7) is 1.24. The zero-order valence-corrected chi connectivity index (χ0v) is 8.77. The molecule has 1 N–H and O–H groups in total. The lowest BCUT2D eigenvalue weighted by atomic mass is 10.2. The van der Waals surface area contributed by atoms with Crippen LogP contribution in [0.4, 0.5) is 0 Å². The Labute approximate surface area is 88.0 Å². The Balaban J connectivity index is 3.80. The number of hydrogen-bond donors (Lipinski definition) is 1. The molecular weight excluding hydrogens is 200 g/mol. The van der Waals surface area contributed by atoms with E-state index < -0.39 is 12.6 Å². The zero-order chi connectivity index (χ0) is 11.8. The molecule has 0 aromatic rings. The molecule has 1 atom stereocenters. The third-order valence-electron chi connectivity index (χ3n) is 1.64. The Morgan fingerprint density at radius 2 is 2.13 bits per heavy atom. The highest BCUT2D eigenvalue weighted by Crippen LogP contribution is 1.96. The van der Waals surface area contributed by atoms with Crippen molar-refractivity contribution in [2.45, 2.75) is 6.92 Å². The van der Waals surface area contributed by atoms with Crippen LogP contribution < -0.4 is 0 Å². The lowest BCUT2D eigenvalue weighted by molar-refractivity contribution is -0.145. The van der Waals surface area contributed by atoms with Gasteiger partial charge in [-0.05, 0) is 6.92 Å². The third kappa shape index (κ3) is 6.46. The summed E-state index contributed by atoms with van der Waals surface area (Å²) in [6.07, 6.45) is 0. The van der Waals surface area contributed by atoms with E-state index in [0.29, 0.717) is 6.54 Å². The summed E-state index contributed by atoms with van der Waals surface area (Å²) in [7, 11) is 1.54. The van der Waals surface area contributed by atoms with Gasteiger partial charge >= 0.3 is 5.97 Å². The van der Waals surface area contributed by atoms with E-state index in [0.717, 1.165) is 0 Å². The van der Waals surface area contributed by atoms with E-state index in [-0.39, 0.29) is 18.4 Å². The highest BCUT2D eigenvalue weighted by Gasteiger charge is 2.12. The van der Waals surface area contributed by atoms with Crippen LogP contribution in [0.5, 0.6) is 0 Å². The number of amides is 1. The Morgan fingerprint density at radius 1 is 1.53 bits per heavy atom. The fourth-order valence-corrected chi connectivity index (χ4v) is 0.889.